The van der Waals surface area contributed by atoms with Crippen LogP contribution in [0.1, 0.15) is 49.8 Å². The number of aryl methyl sites for hydroxylation is 1. The van der Waals surface area contributed by atoms with Gasteiger partial charge in [-0.2, -0.15) is 0 Å². The Bertz CT molecular complexity index is 795. The minimum absolute atomic E-state index is 0.224. The number of aromatic nitrogens is 2. The fourth-order valence-electron chi connectivity index (χ4n) is 3.28. The van der Waals surface area contributed by atoms with E-state index in [0.717, 1.165) is 36.9 Å². The zero-order valence-electron chi connectivity index (χ0n) is 17.3. The summed E-state index contributed by atoms with van der Waals surface area (Å²) in [5.41, 5.74) is 3.11. The van der Waals surface area contributed by atoms with E-state index in [2.05, 4.69) is 58.4 Å². The molecular formula is C22H31N5O. The predicted molar refractivity (Wildman–Crippen MR) is 115 cm³/mol. The molecule has 6 heteroatoms. The first-order valence-electron chi connectivity index (χ1n) is 10.2. The molecule has 0 aliphatic carbocycles. The number of hydrogen-bond acceptors (Lipinski definition) is 5. The summed E-state index contributed by atoms with van der Waals surface area (Å²) in [6, 6.07) is 9.77. The van der Waals surface area contributed by atoms with Gasteiger partial charge in [0.05, 0.1) is 0 Å². The molecule has 28 heavy (non-hydrogen) atoms. The molecule has 1 fully saturated rings. The van der Waals surface area contributed by atoms with Crippen molar-refractivity contribution >= 4 is 23.2 Å². The van der Waals surface area contributed by atoms with Crippen molar-refractivity contribution in [3.8, 4) is 0 Å². The molecular weight excluding hydrogens is 350 g/mol. The van der Waals surface area contributed by atoms with E-state index in [1.165, 1.54) is 18.5 Å². The first kappa shape index (κ1) is 20.1. The van der Waals surface area contributed by atoms with E-state index in [-0.39, 0.29) is 5.91 Å². The molecule has 1 saturated heterocycles. The predicted octanol–water partition coefficient (Wildman–Crippen LogP) is 4.34. The maximum atomic E-state index is 12.6. The number of benzene rings is 1. The molecule has 0 radical (unpaired) electrons. The molecule has 2 N–H and O–H groups in total. The minimum Gasteiger partial charge on any atom is -0.372 e. The Hall–Kier alpha value is -2.63. The maximum Gasteiger partial charge on any atom is 0.274 e. The average molecular weight is 382 g/mol. The van der Waals surface area contributed by atoms with Crippen LogP contribution < -0.4 is 15.5 Å². The summed E-state index contributed by atoms with van der Waals surface area (Å²) in [5, 5.41) is 6.12. The van der Waals surface area contributed by atoms with Gasteiger partial charge in [-0.3, -0.25) is 4.79 Å². The summed E-state index contributed by atoms with van der Waals surface area (Å²) >= 11 is 0. The van der Waals surface area contributed by atoms with Gasteiger partial charge in [0.15, 0.2) is 0 Å². The molecule has 1 amide bonds. The second kappa shape index (κ2) is 9.04. The summed E-state index contributed by atoms with van der Waals surface area (Å²) in [4.78, 5) is 23.8. The molecule has 0 atom stereocenters. The molecule has 1 aromatic heterocycles. The van der Waals surface area contributed by atoms with Gasteiger partial charge in [-0.05, 0) is 61.9 Å². The van der Waals surface area contributed by atoms with E-state index in [0.29, 0.717) is 17.6 Å². The van der Waals surface area contributed by atoms with E-state index < -0.39 is 0 Å². The first-order valence-corrected chi connectivity index (χ1v) is 10.2. The van der Waals surface area contributed by atoms with Crippen LogP contribution in [0.25, 0.3) is 0 Å². The third-order valence-electron chi connectivity index (χ3n) is 5.03. The number of nitrogens with one attached hydrogen (secondary N) is 2. The summed E-state index contributed by atoms with van der Waals surface area (Å²) < 4.78 is 0. The number of hydrogen-bond donors (Lipinski definition) is 2. The molecule has 0 unspecified atom stereocenters. The molecule has 150 valence electrons. The standard InChI is InChI=1S/C22H31N5O/c1-15(2)14-23-22-24-17(4)13-20(26-22)21(28)25-18-5-7-19(8-6-18)27-11-9-16(3)10-12-27/h5-8,13,15-16H,9-12,14H2,1-4H3,(H,25,28)(H,23,24,26). The molecule has 0 spiro atoms. The topological polar surface area (TPSA) is 70.2 Å². The van der Waals surface area contributed by atoms with Crippen LogP contribution in [0.3, 0.4) is 0 Å². The van der Waals surface area contributed by atoms with Crippen molar-refractivity contribution < 1.29 is 4.79 Å². The molecule has 3 rings (SSSR count). The van der Waals surface area contributed by atoms with Crippen molar-refractivity contribution in [1.82, 2.24) is 9.97 Å². The lowest BCUT2D eigenvalue weighted by Crippen LogP contribution is -2.32. The van der Waals surface area contributed by atoms with E-state index >= 15 is 0 Å². The van der Waals surface area contributed by atoms with Gasteiger partial charge in [0.2, 0.25) is 5.95 Å². The summed E-state index contributed by atoms with van der Waals surface area (Å²) in [6.07, 6.45) is 2.47. The molecule has 2 heterocycles. The highest BCUT2D eigenvalue weighted by molar-refractivity contribution is 6.03. The van der Waals surface area contributed by atoms with Crippen LogP contribution in [0.2, 0.25) is 0 Å². The Morgan fingerprint density at radius 3 is 2.50 bits per heavy atom. The third kappa shape index (κ3) is 5.44. The second-order valence-electron chi connectivity index (χ2n) is 8.16. The van der Waals surface area contributed by atoms with Gasteiger partial charge in [0, 0.05) is 36.7 Å². The monoisotopic (exact) mass is 381 g/mol. The van der Waals surface area contributed by atoms with Crippen molar-refractivity contribution in [2.75, 3.05) is 35.2 Å². The quantitative estimate of drug-likeness (QED) is 0.779. The van der Waals surface area contributed by atoms with Crippen LogP contribution in [-0.2, 0) is 0 Å². The summed E-state index contributed by atoms with van der Waals surface area (Å²) in [7, 11) is 0. The van der Waals surface area contributed by atoms with Gasteiger partial charge in [0.25, 0.3) is 5.91 Å². The first-order chi connectivity index (χ1) is 13.4. The van der Waals surface area contributed by atoms with Crippen LogP contribution in [0.15, 0.2) is 30.3 Å². The van der Waals surface area contributed by atoms with E-state index in [1.54, 1.807) is 6.07 Å². The summed E-state index contributed by atoms with van der Waals surface area (Å²) in [5.74, 6) is 1.56. The van der Waals surface area contributed by atoms with Crippen LogP contribution in [-0.4, -0.2) is 35.5 Å². The molecule has 2 aromatic rings. The van der Waals surface area contributed by atoms with Crippen molar-refractivity contribution in [2.45, 2.75) is 40.5 Å². The largest absolute Gasteiger partial charge is 0.372 e. The lowest BCUT2D eigenvalue weighted by molar-refractivity contribution is 0.102. The fraction of sp³-hybridized carbons (Fsp3) is 0.500. The minimum atomic E-state index is -0.224. The number of piperidine rings is 1. The Labute approximate surface area is 167 Å². The molecule has 1 aromatic carbocycles. The molecule has 6 nitrogen and oxygen atoms in total. The molecule has 0 saturated carbocycles. The zero-order chi connectivity index (χ0) is 20.1. The Kier molecular flexibility index (Phi) is 6.49. The Balaban J connectivity index is 1.64. The highest BCUT2D eigenvalue weighted by Crippen LogP contribution is 2.24. The van der Waals surface area contributed by atoms with Gasteiger partial charge >= 0.3 is 0 Å². The second-order valence-corrected chi connectivity index (χ2v) is 8.16. The van der Waals surface area contributed by atoms with Crippen LogP contribution in [0.5, 0.6) is 0 Å². The van der Waals surface area contributed by atoms with E-state index in [4.69, 9.17) is 0 Å². The molecule has 0 bridgehead atoms. The fourth-order valence-corrected chi connectivity index (χ4v) is 3.28. The van der Waals surface area contributed by atoms with Gasteiger partial charge in [-0.25, -0.2) is 9.97 Å². The van der Waals surface area contributed by atoms with Crippen molar-refractivity contribution in [2.24, 2.45) is 11.8 Å². The zero-order valence-corrected chi connectivity index (χ0v) is 17.3. The van der Waals surface area contributed by atoms with Crippen molar-refractivity contribution in [1.29, 1.82) is 0 Å². The van der Waals surface area contributed by atoms with Crippen molar-refractivity contribution in [3.63, 3.8) is 0 Å². The van der Waals surface area contributed by atoms with Crippen LogP contribution >= 0.6 is 0 Å². The molecule has 1 aliphatic rings. The number of amides is 1. The third-order valence-corrected chi connectivity index (χ3v) is 5.03. The van der Waals surface area contributed by atoms with E-state index in [9.17, 15) is 4.79 Å². The maximum absolute atomic E-state index is 12.6. The van der Waals surface area contributed by atoms with Gasteiger partial charge < -0.3 is 15.5 Å². The van der Waals surface area contributed by atoms with Crippen molar-refractivity contribution in [3.05, 3.63) is 41.7 Å². The van der Waals surface area contributed by atoms with Crippen LogP contribution in [0, 0.1) is 18.8 Å². The van der Waals surface area contributed by atoms with Gasteiger partial charge in [-0.1, -0.05) is 20.8 Å². The average Bonchev–Trinajstić information content (AvgIpc) is 2.67. The van der Waals surface area contributed by atoms with Gasteiger partial charge in [0.1, 0.15) is 5.69 Å². The lowest BCUT2D eigenvalue weighted by Gasteiger charge is -2.32. The molecule has 1 aliphatic heterocycles. The SMILES string of the molecule is Cc1cc(C(=O)Nc2ccc(N3CCC(C)CC3)cc2)nc(NCC(C)C)n1. The van der Waals surface area contributed by atoms with E-state index in [1.807, 2.05) is 19.1 Å². The normalized spacial score (nSPS) is 15.0. The number of carbonyl (C=O) groups excluding carboxylic acids is 1. The number of rotatable bonds is 6. The number of nitrogens with zero attached hydrogens (tertiary/aromatic N) is 3. The highest BCUT2D eigenvalue weighted by atomic mass is 16.1. The summed E-state index contributed by atoms with van der Waals surface area (Å²) in [6.45, 7) is 11.4. The number of carbonyl (C=O) groups is 1. The highest BCUT2D eigenvalue weighted by Gasteiger charge is 2.16. The van der Waals surface area contributed by atoms with Gasteiger partial charge in [-0.15, -0.1) is 0 Å². The Morgan fingerprint density at radius 2 is 1.86 bits per heavy atom. The van der Waals surface area contributed by atoms with Crippen LogP contribution in [0.4, 0.5) is 17.3 Å². The lowest BCUT2D eigenvalue weighted by atomic mass is 9.99. The smallest absolute Gasteiger partial charge is 0.274 e. The Morgan fingerprint density at radius 1 is 1.18 bits per heavy atom. The number of anilines is 3.